The summed E-state index contributed by atoms with van der Waals surface area (Å²) in [7, 11) is 1.78. The number of halogens is 1. The smallest absolute Gasteiger partial charge is 0.317 e. The summed E-state index contributed by atoms with van der Waals surface area (Å²) in [6.45, 7) is 6.57. The molecule has 1 fully saturated rings. The standard InChI is InChI=1S/C18H26ClN5O/c1-13-4-3-8-24(11-13)9-7-20-18(25)23(2)12-17-21-15-6-5-14(19)10-16(15)22-17/h5-6,10,13H,3-4,7-9,11-12H2,1-2H3,(H,20,25)(H,21,22)/t13-/m1/s1. The molecule has 1 aromatic carbocycles. The number of nitrogens with one attached hydrogen (secondary N) is 2. The van der Waals surface area contributed by atoms with E-state index in [1.807, 2.05) is 18.2 Å². The van der Waals surface area contributed by atoms with Crippen molar-refractivity contribution < 1.29 is 4.79 Å². The first-order chi connectivity index (χ1) is 12.0. The number of aromatic nitrogens is 2. The molecule has 7 heteroatoms. The fourth-order valence-corrected chi connectivity index (χ4v) is 3.52. The van der Waals surface area contributed by atoms with Gasteiger partial charge in [-0.3, -0.25) is 0 Å². The maximum absolute atomic E-state index is 12.3. The van der Waals surface area contributed by atoms with E-state index in [9.17, 15) is 4.79 Å². The van der Waals surface area contributed by atoms with Crippen molar-refractivity contribution in [1.82, 2.24) is 25.1 Å². The molecule has 0 radical (unpaired) electrons. The molecule has 1 aromatic heterocycles. The van der Waals surface area contributed by atoms with Crippen LogP contribution in [0.4, 0.5) is 4.79 Å². The van der Waals surface area contributed by atoms with Gasteiger partial charge in [-0.15, -0.1) is 0 Å². The fourth-order valence-electron chi connectivity index (χ4n) is 3.35. The highest BCUT2D eigenvalue weighted by molar-refractivity contribution is 6.31. The molecule has 1 atom stereocenters. The third-order valence-corrected chi connectivity index (χ3v) is 4.91. The molecule has 2 N–H and O–H groups in total. The summed E-state index contributed by atoms with van der Waals surface area (Å²) < 4.78 is 0. The van der Waals surface area contributed by atoms with E-state index in [2.05, 4.69) is 27.1 Å². The number of aromatic amines is 1. The van der Waals surface area contributed by atoms with Crippen molar-refractivity contribution in [1.29, 1.82) is 0 Å². The van der Waals surface area contributed by atoms with Gasteiger partial charge in [0.05, 0.1) is 17.6 Å². The van der Waals surface area contributed by atoms with Crippen LogP contribution in [0.25, 0.3) is 11.0 Å². The van der Waals surface area contributed by atoms with E-state index in [0.717, 1.165) is 42.4 Å². The second-order valence-corrected chi connectivity index (χ2v) is 7.42. The van der Waals surface area contributed by atoms with Crippen molar-refractivity contribution >= 4 is 28.7 Å². The van der Waals surface area contributed by atoms with E-state index in [0.29, 0.717) is 18.1 Å². The van der Waals surface area contributed by atoms with E-state index >= 15 is 0 Å². The van der Waals surface area contributed by atoms with Crippen molar-refractivity contribution in [3.8, 4) is 0 Å². The van der Waals surface area contributed by atoms with Crippen LogP contribution >= 0.6 is 11.6 Å². The molecule has 2 amide bonds. The van der Waals surface area contributed by atoms with Gasteiger partial charge < -0.3 is 20.1 Å². The van der Waals surface area contributed by atoms with Gasteiger partial charge in [-0.1, -0.05) is 18.5 Å². The zero-order valence-electron chi connectivity index (χ0n) is 14.9. The number of hydrogen-bond donors (Lipinski definition) is 2. The number of amides is 2. The number of hydrogen-bond acceptors (Lipinski definition) is 3. The van der Waals surface area contributed by atoms with Crippen LogP contribution in [0.5, 0.6) is 0 Å². The number of fused-ring (bicyclic) bond motifs is 1. The SMILES string of the molecule is C[C@@H]1CCCN(CCNC(=O)N(C)Cc2nc3ccc(Cl)cc3[nH]2)C1. The quantitative estimate of drug-likeness (QED) is 0.858. The van der Waals surface area contributed by atoms with Crippen molar-refractivity contribution in [2.24, 2.45) is 5.92 Å². The minimum absolute atomic E-state index is 0.0800. The van der Waals surface area contributed by atoms with Crippen LogP contribution in [0.2, 0.25) is 5.02 Å². The lowest BCUT2D eigenvalue weighted by molar-refractivity contribution is 0.178. The average molecular weight is 364 g/mol. The third-order valence-electron chi connectivity index (χ3n) is 4.67. The third kappa shape index (κ3) is 4.86. The van der Waals surface area contributed by atoms with Gasteiger partial charge in [0, 0.05) is 31.7 Å². The Hall–Kier alpha value is -1.79. The van der Waals surface area contributed by atoms with Gasteiger partial charge in [-0.2, -0.15) is 0 Å². The monoisotopic (exact) mass is 363 g/mol. The summed E-state index contributed by atoms with van der Waals surface area (Å²) in [6.07, 6.45) is 2.57. The number of carbonyl (C=O) groups is 1. The van der Waals surface area contributed by atoms with Gasteiger partial charge in [-0.25, -0.2) is 9.78 Å². The lowest BCUT2D eigenvalue weighted by Gasteiger charge is -2.30. The molecule has 25 heavy (non-hydrogen) atoms. The maximum atomic E-state index is 12.3. The predicted molar refractivity (Wildman–Crippen MR) is 101 cm³/mol. The molecule has 3 rings (SSSR count). The number of rotatable bonds is 5. The number of nitrogens with zero attached hydrogens (tertiary/aromatic N) is 3. The largest absolute Gasteiger partial charge is 0.340 e. The highest BCUT2D eigenvalue weighted by Crippen LogP contribution is 2.17. The van der Waals surface area contributed by atoms with Crippen LogP contribution in [-0.4, -0.2) is 59.0 Å². The van der Waals surface area contributed by atoms with Crippen molar-refractivity contribution in [2.45, 2.75) is 26.3 Å². The summed E-state index contributed by atoms with van der Waals surface area (Å²) in [4.78, 5) is 24.0. The molecule has 6 nitrogen and oxygen atoms in total. The summed E-state index contributed by atoms with van der Waals surface area (Å²) in [6, 6.07) is 5.44. The molecule has 2 heterocycles. The molecule has 1 saturated heterocycles. The number of urea groups is 1. The Morgan fingerprint density at radius 2 is 2.36 bits per heavy atom. The Labute approximate surface area is 153 Å². The molecule has 0 spiro atoms. The number of carbonyl (C=O) groups excluding carboxylic acids is 1. The number of imidazole rings is 1. The highest BCUT2D eigenvalue weighted by Gasteiger charge is 2.16. The minimum Gasteiger partial charge on any atom is -0.340 e. The molecule has 0 unspecified atom stereocenters. The van der Waals surface area contributed by atoms with Crippen LogP contribution in [0.3, 0.4) is 0 Å². The molecular weight excluding hydrogens is 338 g/mol. The normalized spacial score (nSPS) is 18.4. The molecule has 136 valence electrons. The molecule has 1 aliphatic heterocycles. The molecule has 0 bridgehead atoms. The van der Waals surface area contributed by atoms with E-state index < -0.39 is 0 Å². The Morgan fingerprint density at radius 3 is 3.16 bits per heavy atom. The second-order valence-electron chi connectivity index (χ2n) is 6.98. The lowest BCUT2D eigenvalue weighted by atomic mass is 10.0. The zero-order valence-corrected chi connectivity index (χ0v) is 15.6. The Morgan fingerprint density at radius 1 is 1.52 bits per heavy atom. The first kappa shape index (κ1) is 18.0. The number of piperidine rings is 1. The van der Waals surface area contributed by atoms with Crippen molar-refractivity contribution in [3.63, 3.8) is 0 Å². The molecule has 2 aromatic rings. The van der Waals surface area contributed by atoms with Crippen LogP contribution < -0.4 is 5.32 Å². The Bertz CT molecular complexity index is 731. The summed E-state index contributed by atoms with van der Waals surface area (Å²) >= 11 is 5.99. The fraction of sp³-hybridized carbons (Fsp3) is 0.556. The minimum atomic E-state index is -0.0800. The average Bonchev–Trinajstić information content (AvgIpc) is 2.96. The van der Waals surface area contributed by atoms with Gasteiger partial charge in [0.15, 0.2) is 0 Å². The van der Waals surface area contributed by atoms with Gasteiger partial charge in [0.2, 0.25) is 0 Å². The Balaban J connectivity index is 1.46. The van der Waals surface area contributed by atoms with Crippen LogP contribution in [0, 0.1) is 5.92 Å². The number of H-pyrrole nitrogens is 1. The second kappa shape index (κ2) is 8.06. The van der Waals surface area contributed by atoms with Crippen LogP contribution in [-0.2, 0) is 6.54 Å². The summed E-state index contributed by atoms with van der Waals surface area (Å²) in [5, 5.41) is 3.66. The number of likely N-dealkylation sites (tertiary alicyclic amines) is 1. The molecule has 0 saturated carbocycles. The Kier molecular flexibility index (Phi) is 5.81. The van der Waals surface area contributed by atoms with Crippen LogP contribution in [0.15, 0.2) is 18.2 Å². The van der Waals surface area contributed by atoms with E-state index in [1.54, 1.807) is 11.9 Å². The number of benzene rings is 1. The molecule has 0 aliphatic carbocycles. The summed E-state index contributed by atoms with van der Waals surface area (Å²) in [5.74, 6) is 1.51. The predicted octanol–water partition coefficient (Wildman–Crippen LogP) is 3.09. The van der Waals surface area contributed by atoms with Gasteiger partial charge >= 0.3 is 6.03 Å². The van der Waals surface area contributed by atoms with Gasteiger partial charge in [0.25, 0.3) is 0 Å². The first-order valence-electron chi connectivity index (χ1n) is 8.87. The van der Waals surface area contributed by atoms with Gasteiger partial charge in [-0.05, 0) is 43.5 Å². The van der Waals surface area contributed by atoms with Crippen molar-refractivity contribution in [3.05, 3.63) is 29.0 Å². The molecule has 1 aliphatic rings. The highest BCUT2D eigenvalue weighted by atomic mass is 35.5. The first-order valence-corrected chi connectivity index (χ1v) is 9.24. The maximum Gasteiger partial charge on any atom is 0.317 e. The van der Waals surface area contributed by atoms with E-state index in [-0.39, 0.29) is 6.03 Å². The van der Waals surface area contributed by atoms with E-state index in [1.165, 1.54) is 12.8 Å². The van der Waals surface area contributed by atoms with Crippen molar-refractivity contribution in [2.75, 3.05) is 33.2 Å². The van der Waals surface area contributed by atoms with Crippen LogP contribution in [0.1, 0.15) is 25.6 Å². The van der Waals surface area contributed by atoms with E-state index in [4.69, 9.17) is 11.6 Å². The van der Waals surface area contributed by atoms with Gasteiger partial charge in [0.1, 0.15) is 5.82 Å². The topological polar surface area (TPSA) is 64.3 Å². The zero-order chi connectivity index (χ0) is 17.8. The molecular formula is C18H26ClN5O. The summed E-state index contributed by atoms with van der Waals surface area (Å²) in [5.41, 5.74) is 1.74. The lowest BCUT2D eigenvalue weighted by Crippen LogP contribution is -2.43.